The molecule has 0 radical (unpaired) electrons. The number of nitrogens with two attached hydrogens (primary N) is 2. The van der Waals surface area contributed by atoms with Crippen LogP contribution in [0, 0.1) is 0 Å². The summed E-state index contributed by atoms with van der Waals surface area (Å²) in [6.07, 6.45) is -2.49. The van der Waals surface area contributed by atoms with Crippen molar-refractivity contribution in [3.8, 4) is 0 Å². The number of aliphatic carboxylic acids is 3. The van der Waals surface area contributed by atoms with E-state index < -0.39 is 85.0 Å². The lowest BCUT2D eigenvalue weighted by molar-refractivity contribution is -0.143. The summed E-state index contributed by atoms with van der Waals surface area (Å²) in [7, 11) is 0. The molecule has 0 aliphatic carbocycles. The van der Waals surface area contributed by atoms with Crippen molar-refractivity contribution in [2.45, 2.75) is 62.7 Å². The van der Waals surface area contributed by atoms with Crippen molar-refractivity contribution in [3.63, 3.8) is 0 Å². The monoisotopic (exact) mass is 537 g/mol. The van der Waals surface area contributed by atoms with Crippen molar-refractivity contribution < 1.29 is 48.9 Å². The maximum Gasteiger partial charge on any atom is 0.326 e. The van der Waals surface area contributed by atoms with E-state index in [1.54, 1.807) is 30.3 Å². The summed E-state index contributed by atoms with van der Waals surface area (Å²) in [6.45, 7) is 0. The topological polar surface area (TPSA) is 268 Å². The minimum Gasteiger partial charge on any atom is -0.481 e. The van der Waals surface area contributed by atoms with Crippen LogP contribution in [0.25, 0.3) is 0 Å². The Kier molecular flexibility index (Phi) is 12.9. The number of rotatable bonds is 17. The number of amides is 4. The van der Waals surface area contributed by atoms with Crippen LogP contribution in [0.1, 0.15) is 37.7 Å². The first-order valence-corrected chi connectivity index (χ1v) is 11.5. The van der Waals surface area contributed by atoms with E-state index in [0.29, 0.717) is 5.56 Å². The van der Waals surface area contributed by atoms with E-state index in [0.717, 1.165) is 0 Å². The number of nitrogens with one attached hydrogen (secondary N) is 3. The minimum atomic E-state index is -1.60. The Hall–Kier alpha value is -4.53. The fraction of sp³-hybridized carbons (Fsp3) is 0.435. The average Bonchev–Trinajstić information content (AvgIpc) is 2.83. The van der Waals surface area contributed by atoms with E-state index >= 15 is 0 Å². The Morgan fingerprint density at radius 2 is 1.24 bits per heavy atom. The molecule has 1 rings (SSSR count). The van der Waals surface area contributed by atoms with Gasteiger partial charge in [0.25, 0.3) is 0 Å². The Morgan fingerprint density at radius 1 is 0.711 bits per heavy atom. The van der Waals surface area contributed by atoms with E-state index in [1.807, 2.05) is 0 Å². The zero-order valence-electron chi connectivity index (χ0n) is 20.3. The second-order valence-corrected chi connectivity index (χ2v) is 8.35. The van der Waals surface area contributed by atoms with Crippen LogP contribution < -0.4 is 27.4 Å². The highest BCUT2D eigenvalue weighted by atomic mass is 16.4. The van der Waals surface area contributed by atoms with Crippen LogP contribution in [0.15, 0.2) is 30.3 Å². The van der Waals surface area contributed by atoms with Gasteiger partial charge in [0.15, 0.2) is 0 Å². The maximum atomic E-state index is 13.1. The van der Waals surface area contributed by atoms with E-state index in [4.69, 9.17) is 21.7 Å². The van der Waals surface area contributed by atoms with Gasteiger partial charge >= 0.3 is 17.9 Å². The molecular weight excluding hydrogens is 506 g/mol. The molecule has 15 heteroatoms. The molecule has 0 fully saturated rings. The first-order chi connectivity index (χ1) is 17.8. The number of benzene rings is 1. The maximum absolute atomic E-state index is 13.1. The predicted molar refractivity (Wildman–Crippen MR) is 129 cm³/mol. The van der Waals surface area contributed by atoms with E-state index in [2.05, 4.69) is 16.0 Å². The molecule has 4 amide bonds. The van der Waals surface area contributed by atoms with Crippen molar-refractivity contribution in [1.29, 1.82) is 0 Å². The molecule has 1 aromatic carbocycles. The molecule has 15 nitrogen and oxygen atoms in total. The largest absolute Gasteiger partial charge is 0.481 e. The van der Waals surface area contributed by atoms with Gasteiger partial charge in [-0.1, -0.05) is 30.3 Å². The van der Waals surface area contributed by atoms with Gasteiger partial charge in [-0.15, -0.1) is 0 Å². The second-order valence-electron chi connectivity index (χ2n) is 8.35. The smallest absolute Gasteiger partial charge is 0.326 e. The molecule has 1 aromatic rings. The zero-order chi connectivity index (χ0) is 28.8. The second kappa shape index (κ2) is 15.6. The molecule has 0 spiro atoms. The first kappa shape index (κ1) is 31.5. The summed E-state index contributed by atoms with van der Waals surface area (Å²) in [4.78, 5) is 82.9. The highest BCUT2D eigenvalue weighted by Crippen LogP contribution is 2.07. The molecule has 4 unspecified atom stereocenters. The summed E-state index contributed by atoms with van der Waals surface area (Å²) in [5.41, 5.74) is 11.3. The summed E-state index contributed by atoms with van der Waals surface area (Å²) in [5, 5.41) is 33.8. The summed E-state index contributed by atoms with van der Waals surface area (Å²) in [5.74, 6) is -7.83. The zero-order valence-corrected chi connectivity index (χ0v) is 20.3. The minimum absolute atomic E-state index is 0.0846. The molecule has 0 aliphatic rings. The Balaban J connectivity index is 3.13. The standard InChI is InChI=1S/C23H31N5O10/c24-13(11-19(32)33)20(34)28-16(10-12-4-2-1-3-5-12)22(36)26-14(6-8-17(25)29)21(35)27-15(23(37)38)7-9-18(30)31/h1-5,13-16H,6-11,24H2,(H2,25,29)(H,26,36)(H,27,35)(H,28,34)(H,30,31)(H,32,33)(H,37,38). The molecule has 10 N–H and O–H groups in total. The summed E-state index contributed by atoms with van der Waals surface area (Å²) < 4.78 is 0. The highest BCUT2D eigenvalue weighted by Gasteiger charge is 2.31. The number of carboxylic acid groups (broad SMARTS) is 3. The van der Waals surface area contributed by atoms with Crippen LogP contribution in [0.2, 0.25) is 0 Å². The van der Waals surface area contributed by atoms with E-state index in [9.17, 15) is 38.7 Å². The number of hydrogen-bond acceptors (Lipinski definition) is 8. The quantitative estimate of drug-likeness (QED) is 0.105. The van der Waals surface area contributed by atoms with Crippen LogP contribution in [-0.4, -0.2) is 81.0 Å². The van der Waals surface area contributed by atoms with Gasteiger partial charge in [0.2, 0.25) is 23.6 Å². The third-order valence-electron chi connectivity index (χ3n) is 5.22. The predicted octanol–water partition coefficient (Wildman–Crippen LogP) is -2.30. The van der Waals surface area contributed by atoms with Gasteiger partial charge in [-0.05, 0) is 18.4 Å². The highest BCUT2D eigenvalue weighted by molar-refractivity contribution is 5.95. The van der Waals surface area contributed by atoms with Crippen LogP contribution >= 0.6 is 0 Å². The molecule has 0 bridgehead atoms. The molecule has 0 aliphatic heterocycles. The molecule has 0 saturated carbocycles. The van der Waals surface area contributed by atoms with Gasteiger partial charge in [-0.3, -0.25) is 28.8 Å². The van der Waals surface area contributed by atoms with Crippen LogP contribution in [0.5, 0.6) is 0 Å². The number of hydrogen-bond donors (Lipinski definition) is 8. The van der Waals surface area contributed by atoms with Crippen molar-refractivity contribution in [1.82, 2.24) is 16.0 Å². The summed E-state index contributed by atoms with van der Waals surface area (Å²) in [6, 6.07) is 2.48. The van der Waals surface area contributed by atoms with Gasteiger partial charge in [0, 0.05) is 19.3 Å². The lowest BCUT2D eigenvalue weighted by Gasteiger charge is -2.25. The fourth-order valence-corrected chi connectivity index (χ4v) is 3.24. The SMILES string of the molecule is NC(=O)CCC(NC(=O)C(Cc1ccccc1)NC(=O)C(N)CC(=O)O)C(=O)NC(CCC(=O)O)C(=O)O. The fourth-order valence-electron chi connectivity index (χ4n) is 3.24. The Bertz CT molecular complexity index is 1030. The van der Waals surface area contributed by atoms with Gasteiger partial charge < -0.3 is 42.7 Å². The van der Waals surface area contributed by atoms with Crippen LogP contribution in [0.3, 0.4) is 0 Å². The Labute approximate surface area is 216 Å². The Morgan fingerprint density at radius 3 is 1.76 bits per heavy atom. The van der Waals surface area contributed by atoms with Crippen molar-refractivity contribution in [3.05, 3.63) is 35.9 Å². The molecule has 38 heavy (non-hydrogen) atoms. The van der Waals surface area contributed by atoms with E-state index in [-0.39, 0.29) is 19.3 Å². The molecule has 0 aromatic heterocycles. The molecule has 4 atom stereocenters. The average molecular weight is 538 g/mol. The molecule has 0 saturated heterocycles. The first-order valence-electron chi connectivity index (χ1n) is 11.5. The lowest BCUT2D eigenvalue weighted by Crippen LogP contribution is -2.57. The van der Waals surface area contributed by atoms with Crippen LogP contribution in [-0.2, 0) is 40.0 Å². The van der Waals surface area contributed by atoms with Crippen molar-refractivity contribution >= 4 is 41.5 Å². The van der Waals surface area contributed by atoms with Crippen LogP contribution in [0.4, 0.5) is 0 Å². The van der Waals surface area contributed by atoms with Crippen molar-refractivity contribution in [2.75, 3.05) is 0 Å². The third-order valence-corrected chi connectivity index (χ3v) is 5.22. The number of primary amides is 1. The number of carboxylic acids is 3. The van der Waals surface area contributed by atoms with Gasteiger partial charge in [0.05, 0.1) is 12.5 Å². The van der Waals surface area contributed by atoms with Gasteiger partial charge in [-0.2, -0.15) is 0 Å². The van der Waals surface area contributed by atoms with E-state index in [1.165, 1.54) is 0 Å². The van der Waals surface area contributed by atoms with Crippen molar-refractivity contribution in [2.24, 2.45) is 11.5 Å². The lowest BCUT2D eigenvalue weighted by atomic mass is 10.0. The summed E-state index contributed by atoms with van der Waals surface area (Å²) >= 11 is 0. The molecule has 208 valence electrons. The molecule has 0 heterocycles. The number of carbonyl (C=O) groups excluding carboxylic acids is 4. The normalized spacial score (nSPS) is 13.7. The van der Waals surface area contributed by atoms with Gasteiger partial charge in [0.1, 0.15) is 18.1 Å². The number of carbonyl (C=O) groups is 7. The molecular formula is C23H31N5O10. The third kappa shape index (κ3) is 11.9. The van der Waals surface area contributed by atoms with Gasteiger partial charge in [-0.25, -0.2) is 4.79 Å².